The smallest absolute Gasteiger partial charge is 0.262 e. The van der Waals surface area contributed by atoms with Gasteiger partial charge in [0.05, 0.1) is 6.33 Å². The fraction of sp³-hybridized carbons (Fsp3) is 0.750. The Balaban J connectivity index is 0.00000200. The SMILES string of the molecule is CCn1cnc(S(=O)(=O)N2CCCCC2C(C)N)c1.Cl. The molecule has 0 bridgehead atoms. The molecule has 1 saturated heterocycles. The van der Waals surface area contributed by atoms with E-state index in [9.17, 15) is 8.42 Å². The van der Waals surface area contributed by atoms with Crippen LogP contribution in [0.2, 0.25) is 0 Å². The van der Waals surface area contributed by atoms with Gasteiger partial charge in [0, 0.05) is 31.4 Å². The number of sulfonamides is 1. The summed E-state index contributed by atoms with van der Waals surface area (Å²) >= 11 is 0. The van der Waals surface area contributed by atoms with Gasteiger partial charge in [-0.2, -0.15) is 4.31 Å². The average molecular weight is 323 g/mol. The molecule has 20 heavy (non-hydrogen) atoms. The third kappa shape index (κ3) is 3.33. The first kappa shape index (κ1) is 17.4. The van der Waals surface area contributed by atoms with E-state index >= 15 is 0 Å². The molecule has 1 aromatic rings. The summed E-state index contributed by atoms with van der Waals surface area (Å²) in [5, 5.41) is 0.127. The maximum atomic E-state index is 12.6. The van der Waals surface area contributed by atoms with E-state index in [1.165, 1.54) is 4.31 Å². The fourth-order valence-corrected chi connectivity index (χ4v) is 4.23. The minimum absolute atomic E-state index is 0. The highest BCUT2D eigenvalue weighted by molar-refractivity contribution is 7.89. The first-order chi connectivity index (χ1) is 8.96. The van der Waals surface area contributed by atoms with E-state index in [1.54, 1.807) is 17.1 Å². The minimum Gasteiger partial charge on any atom is -0.336 e. The van der Waals surface area contributed by atoms with Crippen LogP contribution in [0.1, 0.15) is 33.1 Å². The lowest BCUT2D eigenvalue weighted by molar-refractivity contribution is 0.227. The molecule has 1 fully saturated rings. The van der Waals surface area contributed by atoms with Crippen molar-refractivity contribution in [3.05, 3.63) is 12.5 Å². The topological polar surface area (TPSA) is 81.2 Å². The molecule has 1 aromatic heterocycles. The largest absolute Gasteiger partial charge is 0.336 e. The molecule has 2 unspecified atom stereocenters. The number of hydrogen-bond acceptors (Lipinski definition) is 4. The molecule has 6 nitrogen and oxygen atoms in total. The highest BCUT2D eigenvalue weighted by atomic mass is 35.5. The molecule has 8 heteroatoms. The van der Waals surface area contributed by atoms with Crippen LogP contribution < -0.4 is 5.73 Å². The summed E-state index contributed by atoms with van der Waals surface area (Å²) < 4.78 is 28.5. The van der Waals surface area contributed by atoms with Gasteiger partial charge < -0.3 is 10.3 Å². The maximum absolute atomic E-state index is 12.6. The molecule has 0 radical (unpaired) electrons. The predicted octanol–water partition coefficient (Wildman–Crippen LogP) is 1.22. The van der Waals surface area contributed by atoms with Crippen LogP contribution in [0.25, 0.3) is 0 Å². The second-order valence-corrected chi connectivity index (χ2v) is 6.92. The molecule has 1 aliphatic heterocycles. The van der Waals surface area contributed by atoms with Crippen LogP contribution in [0.15, 0.2) is 17.6 Å². The van der Waals surface area contributed by atoms with Gasteiger partial charge in [-0.25, -0.2) is 13.4 Å². The van der Waals surface area contributed by atoms with Gasteiger partial charge in [-0.1, -0.05) is 6.42 Å². The van der Waals surface area contributed by atoms with Crippen LogP contribution in [-0.4, -0.2) is 40.9 Å². The van der Waals surface area contributed by atoms with Crippen molar-refractivity contribution in [1.82, 2.24) is 13.9 Å². The Morgan fingerprint density at radius 2 is 2.20 bits per heavy atom. The van der Waals surface area contributed by atoms with Crippen LogP contribution in [0.3, 0.4) is 0 Å². The Morgan fingerprint density at radius 3 is 2.75 bits per heavy atom. The van der Waals surface area contributed by atoms with Crippen LogP contribution in [0.4, 0.5) is 0 Å². The zero-order valence-electron chi connectivity index (χ0n) is 11.9. The summed E-state index contributed by atoms with van der Waals surface area (Å²) in [5.74, 6) is 0. The molecule has 2 heterocycles. The first-order valence-electron chi connectivity index (χ1n) is 6.76. The van der Waals surface area contributed by atoms with Gasteiger partial charge in [-0.3, -0.25) is 0 Å². The Kier molecular flexibility index (Phi) is 6.00. The van der Waals surface area contributed by atoms with Crippen LogP contribution in [-0.2, 0) is 16.6 Å². The van der Waals surface area contributed by atoms with Gasteiger partial charge in [-0.15, -0.1) is 12.4 Å². The van der Waals surface area contributed by atoms with Crippen LogP contribution in [0.5, 0.6) is 0 Å². The zero-order chi connectivity index (χ0) is 14.0. The van der Waals surface area contributed by atoms with Crippen molar-refractivity contribution in [2.75, 3.05) is 6.54 Å². The quantitative estimate of drug-likeness (QED) is 0.903. The normalized spacial score (nSPS) is 22.2. The van der Waals surface area contributed by atoms with E-state index in [-0.39, 0.29) is 29.5 Å². The summed E-state index contributed by atoms with van der Waals surface area (Å²) in [6, 6.07) is -0.283. The number of aryl methyl sites for hydroxylation is 1. The lowest BCUT2D eigenvalue weighted by atomic mass is 10.00. The third-order valence-electron chi connectivity index (χ3n) is 3.65. The van der Waals surface area contributed by atoms with E-state index in [4.69, 9.17) is 5.73 Å². The Hall–Kier alpha value is -0.630. The highest BCUT2D eigenvalue weighted by Gasteiger charge is 2.36. The second kappa shape index (κ2) is 6.89. The third-order valence-corrected chi connectivity index (χ3v) is 5.46. The van der Waals surface area contributed by atoms with Crippen molar-refractivity contribution in [2.45, 2.75) is 56.8 Å². The summed E-state index contributed by atoms with van der Waals surface area (Å²) in [6.45, 7) is 5.06. The fourth-order valence-electron chi connectivity index (χ4n) is 2.52. The molecule has 0 aromatic carbocycles. The van der Waals surface area contributed by atoms with E-state index in [0.29, 0.717) is 13.1 Å². The van der Waals surface area contributed by atoms with Crippen molar-refractivity contribution < 1.29 is 8.42 Å². The van der Waals surface area contributed by atoms with E-state index in [0.717, 1.165) is 19.3 Å². The van der Waals surface area contributed by atoms with Crippen molar-refractivity contribution in [3.63, 3.8) is 0 Å². The maximum Gasteiger partial charge on any atom is 0.262 e. The highest BCUT2D eigenvalue weighted by Crippen LogP contribution is 2.25. The minimum atomic E-state index is -3.52. The second-order valence-electron chi connectivity index (χ2n) is 5.08. The Morgan fingerprint density at radius 1 is 1.50 bits per heavy atom. The van der Waals surface area contributed by atoms with E-state index in [1.807, 2.05) is 13.8 Å². The molecule has 116 valence electrons. The number of hydrogen-bond donors (Lipinski definition) is 1. The summed E-state index contributed by atoms with van der Waals surface area (Å²) in [4.78, 5) is 4.02. The van der Waals surface area contributed by atoms with Crippen LogP contribution in [0, 0.1) is 0 Å². The van der Waals surface area contributed by atoms with Gasteiger partial charge in [0.2, 0.25) is 0 Å². The predicted molar refractivity (Wildman–Crippen MR) is 80.3 cm³/mol. The zero-order valence-corrected chi connectivity index (χ0v) is 13.5. The molecule has 2 rings (SSSR count). The molecular weight excluding hydrogens is 300 g/mol. The number of halogens is 1. The number of nitrogens with two attached hydrogens (primary N) is 1. The van der Waals surface area contributed by atoms with Crippen molar-refractivity contribution in [3.8, 4) is 0 Å². The standard InChI is InChI=1S/C12H22N4O2S.ClH/c1-3-15-8-12(14-9-15)19(17,18)16-7-5-4-6-11(16)10(2)13;/h8-11H,3-7,13H2,1-2H3;1H. The Labute approximate surface area is 126 Å². The molecule has 1 aliphatic rings. The monoisotopic (exact) mass is 322 g/mol. The van der Waals surface area contributed by atoms with Crippen LogP contribution >= 0.6 is 12.4 Å². The molecule has 2 N–H and O–H groups in total. The van der Waals surface area contributed by atoms with Gasteiger partial charge in [0.1, 0.15) is 0 Å². The summed E-state index contributed by atoms with van der Waals surface area (Å²) in [7, 11) is -3.52. The van der Waals surface area contributed by atoms with Gasteiger partial charge in [-0.05, 0) is 26.7 Å². The summed E-state index contributed by atoms with van der Waals surface area (Å²) in [5.41, 5.74) is 5.93. The molecule has 0 aliphatic carbocycles. The van der Waals surface area contributed by atoms with Crippen molar-refractivity contribution in [2.24, 2.45) is 5.73 Å². The van der Waals surface area contributed by atoms with Gasteiger partial charge in [0.15, 0.2) is 5.03 Å². The number of rotatable bonds is 4. The average Bonchev–Trinajstić information content (AvgIpc) is 2.88. The molecule has 2 atom stereocenters. The van der Waals surface area contributed by atoms with Crippen molar-refractivity contribution >= 4 is 22.4 Å². The summed E-state index contributed by atoms with van der Waals surface area (Å²) in [6.07, 6.45) is 5.88. The van der Waals surface area contributed by atoms with E-state index < -0.39 is 10.0 Å². The molecule has 0 spiro atoms. The first-order valence-corrected chi connectivity index (χ1v) is 8.20. The van der Waals surface area contributed by atoms with E-state index in [2.05, 4.69) is 4.98 Å². The van der Waals surface area contributed by atoms with Gasteiger partial charge >= 0.3 is 0 Å². The van der Waals surface area contributed by atoms with Crippen molar-refractivity contribution in [1.29, 1.82) is 0 Å². The number of imidazole rings is 1. The lowest BCUT2D eigenvalue weighted by Crippen LogP contribution is -2.51. The molecular formula is C12H23ClN4O2S. The number of piperidine rings is 1. The molecule has 0 saturated carbocycles. The molecule has 0 amide bonds. The number of aromatic nitrogens is 2. The number of nitrogens with zero attached hydrogens (tertiary/aromatic N) is 3. The Bertz CT molecular complexity index is 529. The lowest BCUT2D eigenvalue weighted by Gasteiger charge is -2.36. The van der Waals surface area contributed by atoms with Gasteiger partial charge in [0.25, 0.3) is 10.0 Å².